The first-order chi connectivity index (χ1) is 13.4. The fourth-order valence-electron chi connectivity index (χ4n) is 3.13. The van der Waals surface area contributed by atoms with Crippen LogP contribution in [0.4, 0.5) is 5.13 Å². The van der Waals surface area contributed by atoms with Gasteiger partial charge in [-0.3, -0.25) is 9.69 Å². The van der Waals surface area contributed by atoms with Crippen LogP contribution in [0.25, 0.3) is 10.2 Å². The van der Waals surface area contributed by atoms with Crippen molar-refractivity contribution in [2.24, 2.45) is 0 Å². The third kappa shape index (κ3) is 4.34. The Kier molecular flexibility index (Phi) is 6.31. The highest BCUT2D eigenvalue weighted by atomic mass is 32.1. The van der Waals surface area contributed by atoms with Crippen molar-refractivity contribution in [3.8, 4) is 5.75 Å². The van der Waals surface area contributed by atoms with Gasteiger partial charge in [-0.25, -0.2) is 4.98 Å². The van der Waals surface area contributed by atoms with E-state index >= 15 is 0 Å². The summed E-state index contributed by atoms with van der Waals surface area (Å²) in [5.74, 6) is 0.727. The normalized spacial score (nSPS) is 11.2. The lowest BCUT2D eigenvalue weighted by Crippen LogP contribution is -2.34. The van der Waals surface area contributed by atoms with Crippen molar-refractivity contribution in [3.63, 3.8) is 0 Å². The molecule has 0 unspecified atom stereocenters. The summed E-state index contributed by atoms with van der Waals surface area (Å²) in [7, 11) is 5.72. The lowest BCUT2D eigenvalue weighted by Gasteiger charge is -2.22. The topological polar surface area (TPSA) is 45.7 Å². The molecular formula is C22H27N3O2S. The van der Waals surface area contributed by atoms with Gasteiger partial charge in [0.05, 0.1) is 11.8 Å². The van der Waals surface area contributed by atoms with E-state index < -0.39 is 0 Å². The number of aryl methyl sites for hydroxylation is 2. The molecule has 0 atom stereocenters. The van der Waals surface area contributed by atoms with E-state index in [0.717, 1.165) is 45.6 Å². The van der Waals surface area contributed by atoms with E-state index in [4.69, 9.17) is 9.72 Å². The summed E-state index contributed by atoms with van der Waals surface area (Å²) in [6.45, 7) is 5.51. The average molecular weight is 398 g/mol. The number of benzene rings is 2. The second-order valence-electron chi connectivity index (χ2n) is 7.24. The number of hydrogen-bond acceptors (Lipinski definition) is 5. The molecule has 1 aromatic heterocycles. The maximum atomic E-state index is 13.5. The van der Waals surface area contributed by atoms with Gasteiger partial charge >= 0.3 is 0 Å². The zero-order chi connectivity index (χ0) is 20.3. The summed E-state index contributed by atoms with van der Waals surface area (Å²) in [6.07, 6.45) is 0.872. The minimum atomic E-state index is -0.00187. The quantitative estimate of drug-likeness (QED) is 0.588. The summed E-state index contributed by atoms with van der Waals surface area (Å²) in [5.41, 5.74) is 3.59. The average Bonchev–Trinajstić information content (AvgIpc) is 3.10. The van der Waals surface area contributed by atoms with Gasteiger partial charge in [-0.05, 0) is 64.7 Å². The van der Waals surface area contributed by atoms with Crippen LogP contribution in [0, 0.1) is 13.8 Å². The fourth-order valence-corrected chi connectivity index (χ4v) is 4.14. The molecular weight excluding hydrogens is 370 g/mol. The number of thiazole rings is 1. The minimum Gasteiger partial charge on any atom is -0.494 e. The number of rotatable bonds is 7. The zero-order valence-corrected chi connectivity index (χ0v) is 18.0. The predicted octanol–water partition coefficient (Wildman–Crippen LogP) is 4.52. The van der Waals surface area contributed by atoms with Gasteiger partial charge in [-0.15, -0.1) is 0 Å². The van der Waals surface area contributed by atoms with Crippen molar-refractivity contribution in [1.82, 2.24) is 9.88 Å². The molecule has 3 rings (SSSR count). The van der Waals surface area contributed by atoms with E-state index in [2.05, 4.69) is 4.90 Å². The zero-order valence-electron chi connectivity index (χ0n) is 17.2. The van der Waals surface area contributed by atoms with Gasteiger partial charge < -0.3 is 9.64 Å². The first-order valence-electron chi connectivity index (χ1n) is 9.38. The van der Waals surface area contributed by atoms with Gasteiger partial charge in [0.15, 0.2) is 5.13 Å². The van der Waals surface area contributed by atoms with E-state index in [-0.39, 0.29) is 5.91 Å². The maximum absolute atomic E-state index is 13.5. The summed E-state index contributed by atoms with van der Waals surface area (Å²) in [4.78, 5) is 22.2. The third-order valence-corrected chi connectivity index (χ3v) is 5.72. The van der Waals surface area contributed by atoms with Crippen LogP contribution in [0.5, 0.6) is 5.75 Å². The van der Waals surface area contributed by atoms with Gasteiger partial charge in [0.1, 0.15) is 11.3 Å². The van der Waals surface area contributed by atoms with Crippen molar-refractivity contribution in [2.75, 3.05) is 39.2 Å². The number of anilines is 1. The summed E-state index contributed by atoms with van der Waals surface area (Å²) >= 11 is 1.53. The van der Waals surface area contributed by atoms with Crippen LogP contribution in [0.2, 0.25) is 0 Å². The van der Waals surface area contributed by atoms with Crippen LogP contribution in [-0.2, 0) is 0 Å². The Bertz CT molecular complexity index is 981. The summed E-state index contributed by atoms with van der Waals surface area (Å²) in [6, 6.07) is 11.9. The first-order valence-corrected chi connectivity index (χ1v) is 10.2. The van der Waals surface area contributed by atoms with Gasteiger partial charge in [-0.2, -0.15) is 0 Å². The highest BCUT2D eigenvalue weighted by molar-refractivity contribution is 7.22. The van der Waals surface area contributed by atoms with Crippen molar-refractivity contribution in [2.45, 2.75) is 20.3 Å². The van der Waals surface area contributed by atoms with Crippen molar-refractivity contribution in [1.29, 1.82) is 0 Å². The Hall–Kier alpha value is -2.44. The number of carbonyl (C=O) groups is 1. The molecule has 0 aliphatic carbocycles. The number of hydrogen-bond donors (Lipinski definition) is 0. The smallest absolute Gasteiger partial charge is 0.260 e. The first kappa shape index (κ1) is 20.3. The molecule has 5 nitrogen and oxygen atoms in total. The van der Waals surface area contributed by atoms with Gasteiger partial charge in [0, 0.05) is 12.1 Å². The minimum absolute atomic E-state index is 0.00187. The van der Waals surface area contributed by atoms with Gasteiger partial charge in [0.25, 0.3) is 5.91 Å². The molecule has 0 N–H and O–H groups in total. The Morgan fingerprint density at radius 1 is 1.14 bits per heavy atom. The lowest BCUT2D eigenvalue weighted by atomic mass is 10.0. The SMILES string of the molecule is COc1cccc2sc(N(CCCN(C)C)C(=O)c3cc(C)ccc3C)nc12. The number of aromatic nitrogens is 1. The molecule has 6 heteroatoms. The fraction of sp³-hybridized carbons (Fsp3) is 0.364. The molecule has 0 saturated carbocycles. The standard InChI is InChI=1S/C22H27N3O2S/c1-15-10-11-16(2)17(14-15)21(26)25(13-7-12-24(3)4)22-23-20-18(27-5)8-6-9-19(20)28-22/h6,8-11,14H,7,12-13H2,1-5H3. The second-order valence-corrected chi connectivity index (χ2v) is 8.24. The third-order valence-electron chi connectivity index (χ3n) is 4.68. The van der Waals surface area contributed by atoms with E-state index in [0.29, 0.717) is 11.7 Å². The molecule has 148 valence electrons. The number of methoxy groups -OCH3 is 1. The molecule has 0 radical (unpaired) electrons. The van der Waals surface area contributed by atoms with Crippen LogP contribution in [0.15, 0.2) is 36.4 Å². The molecule has 1 heterocycles. The van der Waals surface area contributed by atoms with Crippen LogP contribution >= 0.6 is 11.3 Å². The summed E-state index contributed by atoms with van der Waals surface area (Å²) in [5, 5.41) is 0.712. The second kappa shape index (κ2) is 8.71. The summed E-state index contributed by atoms with van der Waals surface area (Å²) < 4.78 is 6.46. The van der Waals surface area contributed by atoms with E-state index in [9.17, 15) is 4.79 Å². The molecule has 3 aromatic rings. The highest BCUT2D eigenvalue weighted by Gasteiger charge is 2.23. The molecule has 0 spiro atoms. The molecule has 0 aliphatic heterocycles. The van der Waals surface area contributed by atoms with E-state index in [1.165, 1.54) is 11.3 Å². The molecule has 1 amide bonds. The molecule has 28 heavy (non-hydrogen) atoms. The van der Waals surface area contributed by atoms with Crippen molar-refractivity contribution in [3.05, 3.63) is 53.1 Å². The predicted molar refractivity (Wildman–Crippen MR) is 117 cm³/mol. The molecule has 0 bridgehead atoms. The van der Waals surface area contributed by atoms with Crippen LogP contribution in [-0.4, -0.2) is 50.1 Å². The Morgan fingerprint density at radius 3 is 2.64 bits per heavy atom. The number of carbonyl (C=O) groups excluding carboxylic acids is 1. The monoisotopic (exact) mass is 397 g/mol. The van der Waals surface area contributed by atoms with E-state index in [1.54, 1.807) is 7.11 Å². The Labute approximate surface area is 170 Å². The maximum Gasteiger partial charge on any atom is 0.260 e. The number of nitrogens with zero attached hydrogens (tertiary/aromatic N) is 3. The Morgan fingerprint density at radius 2 is 1.93 bits per heavy atom. The number of fused-ring (bicyclic) bond motifs is 1. The molecule has 0 aliphatic rings. The largest absolute Gasteiger partial charge is 0.494 e. The number of amides is 1. The van der Waals surface area contributed by atoms with Crippen molar-refractivity contribution >= 4 is 32.6 Å². The number of para-hydroxylation sites is 1. The van der Waals surface area contributed by atoms with Crippen LogP contribution in [0.3, 0.4) is 0 Å². The highest BCUT2D eigenvalue weighted by Crippen LogP contribution is 2.35. The molecule has 2 aromatic carbocycles. The molecule has 0 saturated heterocycles. The van der Waals surface area contributed by atoms with Crippen LogP contribution < -0.4 is 9.64 Å². The lowest BCUT2D eigenvalue weighted by molar-refractivity contribution is 0.0985. The van der Waals surface area contributed by atoms with Gasteiger partial charge in [-0.1, -0.05) is 35.1 Å². The molecule has 0 fully saturated rings. The van der Waals surface area contributed by atoms with Crippen LogP contribution in [0.1, 0.15) is 27.9 Å². The van der Waals surface area contributed by atoms with Gasteiger partial charge in [0.2, 0.25) is 0 Å². The van der Waals surface area contributed by atoms with Crippen molar-refractivity contribution < 1.29 is 9.53 Å². The Balaban J connectivity index is 2.01. The number of ether oxygens (including phenoxy) is 1. The van der Waals surface area contributed by atoms with E-state index in [1.807, 2.05) is 69.2 Å².